The van der Waals surface area contributed by atoms with Crippen LogP contribution in [0.4, 0.5) is 0 Å². The average Bonchev–Trinajstić information content (AvgIpc) is 3.17. The molecule has 0 bridgehead atoms. The number of benzene rings is 1. The van der Waals surface area contributed by atoms with E-state index in [0.29, 0.717) is 27.2 Å². The molecule has 6 nitrogen and oxygen atoms in total. The van der Waals surface area contributed by atoms with Crippen LogP contribution in [0.5, 0.6) is 5.75 Å². The van der Waals surface area contributed by atoms with Crippen LogP contribution in [0.25, 0.3) is 17.4 Å². The third-order valence-corrected chi connectivity index (χ3v) is 5.42. The largest absolute Gasteiger partial charge is 0.508 e. The quantitative estimate of drug-likeness (QED) is 0.556. The van der Waals surface area contributed by atoms with Crippen LogP contribution < -0.4 is 0 Å². The Morgan fingerprint density at radius 3 is 2.81 bits per heavy atom. The fourth-order valence-electron chi connectivity index (χ4n) is 2.56. The van der Waals surface area contributed by atoms with Crippen LogP contribution in [0.15, 0.2) is 39.7 Å². The van der Waals surface area contributed by atoms with Gasteiger partial charge in [0.1, 0.15) is 21.6 Å². The summed E-state index contributed by atoms with van der Waals surface area (Å²) in [6, 6.07) is 8.78. The molecular weight excluding hydrogens is 386 g/mol. The first-order chi connectivity index (χ1) is 12.8. The second-order valence-corrected chi connectivity index (χ2v) is 7.71. The molecule has 2 heterocycles. The zero-order valence-electron chi connectivity index (χ0n) is 14.5. The number of carbonyl (C=O) groups is 2. The molecule has 0 unspecified atom stereocenters. The van der Waals surface area contributed by atoms with Gasteiger partial charge in [-0.15, -0.1) is 0 Å². The predicted octanol–water partition coefficient (Wildman–Crippen LogP) is 4.03. The lowest BCUT2D eigenvalue weighted by Crippen LogP contribution is -2.29. The number of carboxylic acids is 1. The average molecular weight is 403 g/mol. The Balaban J connectivity index is 1.74. The van der Waals surface area contributed by atoms with Crippen molar-refractivity contribution in [1.29, 1.82) is 0 Å². The first-order valence-corrected chi connectivity index (χ1v) is 9.44. The maximum atomic E-state index is 12.5. The Hall–Kier alpha value is -2.58. The predicted molar refractivity (Wildman–Crippen MR) is 107 cm³/mol. The van der Waals surface area contributed by atoms with E-state index in [1.54, 1.807) is 30.3 Å². The van der Waals surface area contributed by atoms with Crippen LogP contribution in [0, 0.1) is 6.92 Å². The minimum absolute atomic E-state index is 0.0129. The minimum atomic E-state index is -0.902. The summed E-state index contributed by atoms with van der Waals surface area (Å²) in [5.41, 5.74) is 1.51. The molecule has 8 heteroatoms. The van der Waals surface area contributed by atoms with E-state index in [1.807, 2.05) is 13.0 Å². The fraction of sp³-hybridized carbons (Fsp3) is 0.211. The number of aryl methyl sites for hydroxylation is 1. The lowest BCUT2D eigenvalue weighted by atomic mass is 10.1. The summed E-state index contributed by atoms with van der Waals surface area (Å²) in [5.74, 6) is 0.111. The van der Waals surface area contributed by atoms with Crippen molar-refractivity contribution in [2.24, 2.45) is 0 Å². The maximum absolute atomic E-state index is 12.5. The topological polar surface area (TPSA) is 91.0 Å². The van der Waals surface area contributed by atoms with Crippen molar-refractivity contribution in [3.63, 3.8) is 0 Å². The van der Waals surface area contributed by atoms with Gasteiger partial charge < -0.3 is 14.6 Å². The van der Waals surface area contributed by atoms with E-state index in [9.17, 15) is 14.7 Å². The molecule has 1 saturated heterocycles. The van der Waals surface area contributed by atoms with E-state index in [2.05, 4.69) is 0 Å². The van der Waals surface area contributed by atoms with Gasteiger partial charge in [0.25, 0.3) is 5.91 Å². The highest BCUT2D eigenvalue weighted by Crippen LogP contribution is 2.34. The van der Waals surface area contributed by atoms with Gasteiger partial charge in [0.15, 0.2) is 0 Å². The van der Waals surface area contributed by atoms with Crippen LogP contribution in [0.2, 0.25) is 0 Å². The van der Waals surface area contributed by atoms with Crippen molar-refractivity contribution < 1.29 is 24.2 Å². The van der Waals surface area contributed by atoms with Crippen molar-refractivity contribution in [1.82, 2.24) is 4.90 Å². The van der Waals surface area contributed by atoms with Crippen LogP contribution in [0.3, 0.4) is 0 Å². The second kappa shape index (κ2) is 7.98. The van der Waals surface area contributed by atoms with E-state index in [-0.39, 0.29) is 24.6 Å². The number of hydrogen-bond acceptors (Lipinski definition) is 6. The van der Waals surface area contributed by atoms with E-state index in [1.165, 1.54) is 16.7 Å². The number of phenols is 1. The Kier molecular flexibility index (Phi) is 5.67. The number of aromatic hydroxyl groups is 1. The first-order valence-electron chi connectivity index (χ1n) is 8.22. The zero-order valence-corrected chi connectivity index (χ0v) is 16.1. The summed E-state index contributed by atoms with van der Waals surface area (Å²) in [5, 5.41) is 18.6. The molecule has 0 radical (unpaired) electrons. The third kappa shape index (κ3) is 4.40. The monoisotopic (exact) mass is 403 g/mol. The van der Waals surface area contributed by atoms with Gasteiger partial charge in [-0.1, -0.05) is 36.1 Å². The second-order valence-electron chi connectivity index (χ2n) is 6.03. The number of nitrogens with zero attached hydrogens (tertiary/aromatic N) is 1. The summed E-state index contributed by atoms with van der Waals surface area (Å²) < 4.78 is 6.17. The molecule has 1 amide bonds. The van der Waals surface area contributed by atoms with E-state index in [0.717, 1.165) is 11.1 Å². The van der Waals surface area contributed by atoms with Gasteiger partial charge in [-0.2, -0.15) is 0 Å². The van der Waals surface area contributed by atoms with Crippen molar-refractivity contribution in [2.75, 3.05) is 6.54 Å². The number of rotatable bonds is 6. The summed E-state index contributed by atoms with van der Waals surface area (Å²) in [6.45, 7) is 2.09. The molecule has 1 aromatic carbocycles. The van der Waals surface area contributed by atoms with Crippen LogP contribution >= 0.6 is 24.0 Å². The summed E-state index contributed by atoms with van der Waals surface area (Å²) in [4.78, 5) is 24.9. The molecule has 0 aliphatic carbocycles. The lowest BCUT2D eigenvalue weighted by Gasteiger charge is -2.13. The Bertz CT molecular complexity index is 947. The van der Waals surface area contributed by atoms with Crippen molar-refractivity contribution in [3.05, 3.63) is 46.6 Å². The van der Waals surface area contributed by atoms with Crippen LogP contribution in [-0.2, 0) is 9.59 Å². The van der Waals surface area contributed by atoms with E-state index < -0.39 is 5.97 Å². The molecule has 0 saturated carbocycles. The SMILES string of the molecule is Cc1ccc(-c2ccc(/C=C3/SC(=S)N(CCCC(=O)O)C3=O)o2)cc1O. The molecule has 3 rings (SSSR count). The van der Waals surface area contributed by atoms with Crippen LogP contribution in [-0.4, -0.2) is 37.9 Å². The van der Waals surface area contributed by atoms with Crippen molar-refractivity contribution in [2.45, 2.75) is 19.8 Å². The molecule has 2 N–H and O–H groups in total. The molecule has 0 spiro atoms. The highest BCUT2D eigenvalue weighted by atomic mass is 32.2. The number of thioether (sulfide) groups is 1. The smallest absolute Gasteiger partial charge is 0.303 e. The number of aliphatic carboxylic acids is 1. The summed E-state index contributed by atoms with van der Waals surface area (Å²) in [6.07, 6.45) is 1.95. The van der Waals surface area contributed by atoms with Gasteiger partial charge in [-0.25, -0.2) is 0 Å². The fourth-order valence-corrected chi connectivity index (χ4v) is 3.85. The molecular formula is C19H17NO5S2. The van der Waals surface area contributed by atoms with Gasteiger partial charge in [-0.3, -0.25) is 14.5 Å². The van der Waals surface area contributed by atoms with Gasteiger partial charge in [0.05, 0.1) is 4.91 Å². The highest BCUT2D eigenvalue weighted by Gasteiger charge is 2.31. The lowest BCUT2D eigenvalue weighted by molar-refractivity contribution is -0.137. The third-order valence-electron chi connectivity index (χ3n) is 4.04. The molecule has 2 aromatic rings. The molecule has 1 aliphatic rings. The number of carbonyl (C=O) groups excluding carboxylic acids is 1. The maximum Gasteiger partial charge on any atom is 0.303 e. The van der Waals surface area contributed by atoms with Gasteiger partial charge in [0.2, 0.25) is 0 Å². The molecule has 27 heavy (non-hydrogen) atoms. The molecule has 140 valence electrons. The number of hydrogen-bond donors (Lipinski definition) is 2. The first kappa shape index (κ1) is 19.2. The van der Waals surface area contributed by atoms with Gasteiger partial charge in [0, 0.05) is 24.6 Å². The van der Waals surface area contributed by atoms with Crippen molar-refractivity contribution >= 4 is 46.3 Å². The number of carboxylic acid groups (broad SMARTS) is 1. The van der Waals surface area contributed by atoms with E-state index >= 15 is 0 Å². The number of phenolic OH excluding ortho intramolecular Hbond substituents is 1. The number of amides is 1. The molecule has 1 aromatic heterocycles. The minimum Gasteiger partial charge on any atom is -0.508 e. The highest BCUT2D eigenvalue weighted by molar-refractivity contribution is 8.26. The van der Waals surface area contributed by atoms with Gasteiger partial charge in [-0.05, 0) is 37.1 Å². The Morgan fingerprint density at radius 2 is 2.11 bits per heavy atom. The summed E-state index contributed by atoms with van der Waals surface area (Å²) >= 11 is 6.39. The van der Waals surface area contributed by atoms with Gasteiger partial charge >= 0.3 is 5.97 Å². The Morgan fingerprint density at radius 1 is 1.33 bits per heavy atom. The molecule has 0 atom stereocenters. The standard InChI is InChI=1S/C19H17NO5S2/c1-11-4-5-12(9-14(11)21)15-7-6-13(25-15)10-16-18(24)20(19(26)27-16)8-2-3-17(22)23/h4-7,9-10,21H,2-3,8H2,1H3,(H,22,23)/b16-10+. The zero-order chi connectivity index (χ0) is 19.6. The van der Waals surface area contributed by atoms with Crippen molar-refractivity contribution in [3.8, 4) is 17.1 Å². The van der Waals surface area contributed by atoms with E-state index in [4.69, 9.17) is 21.7 Å². The number of furan rings is 1. The molecule has 1 aliphatic heterocycles. The normalized spacial score (nSPS) is 15.7. The molecule has 1 fully saturated rings. The number of thiocarbonyl (C=S) groups is 1. The Labute approximate surface area is 165 Å². The summed E-state index contributed by atoms with van der Waals surface area (Å²) in [7, 11) is 0. The van der Waals surface area contributed by atoms with Crippen LogP contribution in [0.1, 0.15) is 24.2 Å².